The number of hydrogen-bond donors (Lipinski definition) is 2. The van der Waals surface area contributed by atoms with Gasteiger partial charge in [0, 0.05) is 11.6 Å². The highest BCUT2D eigenvalue weighted by atomic mass is 35.5. The average molecular weight is 451 g/mol. The Balaban J connectivity index is 1.57. The normalized spacial score (nSPS) is 17.1. The van der Waals surface area contributed by atoms with Crippen LogP contribution in [0.3, 0.4) is 0 Å². The summed E-state index contributed by atoms with van der Waals surface area (Å²) >= 11 is 12.1. The van der Waals surface area contributed by atoms with Gasteiger partial charge in [-0.15, -0.1) is 0 Å². The van der Waals surface area contributed by atoms with Gasteiger partial charge < -0.3 is 20.1 Å². The van der Waals surface area contributed by atoms with Crippen LogP contribution in [0.25, 0.3) is 0 Å². The molecule has 1 saturated heterocycles. The van der Waals surface area contributed by atoms with Crippen molar-refractivity contribution in [1.29, 1.82) is 0 Å². The van der Waals surface area contributed by atoms with Gasteiger partial charge in [0.15, 0.2) is 6.61 Å². The zero-order chi connectivity index (χ0) is 21.5. The Bertz CT molecular complexity index is 883. The lowest BCUT2D eigenvalue weighted by molar-refractivity contribution is -0.136. The van der Waals surface area contributed by atoms with Crippen LogP contribution >= 0.6 is 23.2 Å². The molecule has 2 aromatic carbocycles. The summed E-state index contributed by atoms with van der Waals surface area (Å²) in [5.74, 6) is 0.0612. The molecule has 2 amide bonds. The van der Waals surface area contributed by atoms with Gasteiger partial charge in [-0.3, -0.25) is 9.59 Å². The first-order valence-electron chi connectivity index (χ1n) is 9.82. The molecule has 30 heavy (non-hydrogen) atoms. The highest BCUT2D eigenvalue weighted by molar-refractivity contribution is 6.33. The van der Waals surface area contributed by atoms with Crippen molar-refractivity contribution in [2.45, 2.75) is 38.3 Å². The minimum absolute atomic E-state index is 0.126. The predicted molar refractivity (Wildman–Crippen MR) is 117 cm³/mol. The van der Waals surface area contributed by atoms with Crippen molar-refractivity contribution in [3.63, 3.8) is 0 Å². The summed E-state index contributed by atoms with van der Waals surface area (Å²) in [6.45, 7) is 2.31. The predicted octanol–water partition coefficient (Wildman–Crippen LogP) is 4.76. The van der Waals surface area contributed by atoms with Gasteiger partial charge in [-0.05, 0) is 68.1 Å². The van der Waals surface area contributed by atoms with E-state index in [4.69, 9.17) is 32.7 Å². The number of halogens is 2. The molecule has 6 nitrogen and oxygen atoms in total. The molecule has 8 heteroatoms. The Labute approximate surface area is 185 Å². The molecule has 0 spiro atoms. The summed E-state index contributed by atoms with van der Waals surface area (Å²) in [6.07, 6.45) is 2.30. The average Bonchev–Trinajstić information content (AvgIpc) is 2.75. The van der Waals surface area contributed by atoms with E-state index in [0.29, 0.717) is 28.1 Å². The van der Waals surface area contributed by atoms with Crippen LogP contribution in [-0.2, 0) is 14.3 Å². The summed E-state index contributed by atoms with van der Waals surface area (Å²) in [5.41, 5.74) is 1.27. The molecule has 2 atom stereocenters. The number of hydrogen-bond acceptors (Lipinski definition) is 4. The Morgan fingerprint density at radius 3 is 2.63 bits per heavy atom. The first-order valence-corrected chi connectivity index (χ1v) is 10.6. The number of rotatable bonds is 7. The van der Waals surface area contributed by atoms with Gasteiger partial charge in [0.2, 0.25) is 5.91 Å². The Morgan fingerprint density at radius 2 is 1.93 bits per heavy atom. The van der Waals surface area contributed by atoms with Gasteiger partial charge in [-0.25, -0.2) is 0 Å². The van der Waals surface area contributed by atoms with Gasteiger partial charge in [0.1, 0.15) is 11.9 Å². The van der Waals surface area contributed by atoms with E-state index in [1.54, 1.807) is 36.4 Å². The van der Waals surface area contributed by atoms with Crippen molar-refractivity contribution in [2.75, 3.05) is 18.5 Å². The van der Waals surface area contributed by atoms with Crippen molar-refractivity contribution in [3.05, 3.63) is 58.1 Å². The lowest BCUT2D eigenvalue weighted by Gasteiger charge is -2.24. The standard InChI is InChI=1S/C22H24Cl2N2O4/c1-14(25-22(28)20-4-2-3-11-29-20)15-5-10-18(24)19(12-15)26-21(27)13-30-17-8-6-16(23)7-9-17/h5-10,12,14,20H,2-4,11,13H2,1H3,(H,25,28)(H,26,27)/t14-,20?/m0/s1. The summed E-state index contributed by atoms with van der Waals surface area (Å²) in [7, 11) is 0. The Kier molecular flexibility index (Phi) is 7.96. The van der Waals surface area contributed by atoms with Gasteiger partial charge in [-0.1, -0.05) is 29.3 Å². The van der Waals surface area contributed by atoms with Crippen molar-refractivity contribution < 1.29 is 19.1 Å². The van der Waals surface area contributed by atoms with Crippen molar-refractivity contribution in [3.8, 4) is 5.75 Å². The van der Waals surface area contributed by atoms with Crippen LogP contribution < -0.4 is 15.4 Å². The molecule has 2 aromatic rings. The molecule has 0 aromatic heterocycles. The zero-order valence-electron chi connectivity index (χ0n) is 16.6. The van der Waals surface area contributed by atoms with Gasteiger partial charge in [-0.2, -0.15) is 0 Å². The van der Waals surface area contributed by atoms with E-state index in [9.17, 15) is 9.59 Å². The van der Waals surface area contributed by atoms with Crippen LogP contribution in [0, 0.1) is 0 Å². The van der Waals surface area contributed by atoms with Crippen LogP contribution in [0.4, 0.5) is 5.69 Å². The van der Waals surface area contributed by atoms with Crippen LogP contribution in [0.5, 0.6) is 5.75 Å². The second kappa shape index (κ2) is 10.7. The van der Waals surface area contributed by atoms with Crippen molar-refractivity contribution in [2.24, 2.45) is 0 Å². The molecule has 0 aliphatic carbocycles. The number of benzene rings is 2. The fraction of sp³-hybridized carbons (Fsp3) is 0.364. The summed E-state index contributed by atoms with van der Waals surface area (Å²) in [4.78, 5) is 24.7. The molecule has 3 rings (SSSR count). The number of carbonyl (C=O) groups excluding carboxylic acids is 2. The molecule has 1 fully saturated rings. The van der Waals surface area contributed by atoms with Crippen LogP contribution in [0.1, 0.15) is 37.8 Å². The molecule has 1 aliphatic heterocycles. The lowest BCUT2D eigenvalue weighted by atomic mass is 10.1. The molecule has 2 N–H and O–H groups in total. The lowest BCUT2D eigenvalue weighted by Crippen LogP contribution is -2.39. The highest BCUT2D eigenvalue weighted by Gasteiger charge is 2.23. The van der Waals surface area contributed by atoms with E-state index in [1.165, 1.54) is 0 Å². The number of amides is 2. The number of carbonyl (C=O) groups is 2. The number of anilines is 1. The van der Waals surface area contributed by atoms with Crippen molar-refractivity contribution >= 4 is 40.7 Å². The molecule has 0 radical (unpaired) electrons. The Hall–Kier alpha value is -2.28. The van der Waals surface area contributed by atoms with E-state index in [2.05, 4.69) is 10.6 Å². The maximum atomic E-state index is 12.4. The van der Waals surface area contributed by atoms with Crippen LogP contribution in [0.2, 0.25) is 10.0 Å². The van der Waals surface area contributed by atoms with E-state index in [1.807, 2.05) is 13.0 Å². The highest BCUT2D eigenvalue weighted by Crippen LogP contribution is 2.26. The third kappa shape index (κ3) is 6.36. The fourth-order valence-electron chi connectivity index (χ4n) is 3.11. The molecule has 160 valence electrons. The molecule has 1 unspecified atom stereocenters. The summed E-state index contributed by atoms with van der Waals surface area (Å²) < 4.78 is 11.0. The topological polar surface area (TPSA) is 76.7 Å². The van der Waals surface area contributed by atoms with E-state index >= 15 is 0 Å². The largest absolute Gasteiger partial charge is 0.484 e. The first kappa shape index (κ1) is 22.4. The SMILES string of the molecule is C[C@H](NC(=O)C1CCCCO1)c1ccc(Cl)c(NC(=O)COc2ccc(Cl)cc2)c1. The third-order valence-corrected chi connectivity index (χ3v) is 5.36. The first-order chi connectivity index (χ1) is 14.4. The van der Waals surface area contributed by atoms with Gasteiger partial charge in [0.05, 0.1) is 16.8 Å². The third-order valence-electron chi connectivity index (χ3n) is 4.78. The molecule has 1 heterocycles. The fourth-order valence-corrected chi connectivity index (χ4v) is 3.40. The zero-order valence-corrected chi connectivity index (χ0v) is 18.1. The minimum atomic E-state index is -0.405. The number of nitrogens with one attached hydrogen (secondary N) is 2. The van der Waals surface area contributed by atoms with Gasteiger partial charge in [0.25, 0.3) is 5.91 Å². The minimum Gasteiger partial charge on any atom is -0.484 e. The van der Waals surface area contributed by atoms with Crippen LogP contribution in [-0.4, -0.2) is 31.1 Å². The van der Waals surface area contributed by atoms with Gasteiger partial charge >= 0.3 is 0 Å². The molecular formula is C22H24Cl2N2O4. The van der Waals surface area contributed by atoms with E-state index in [-0.39, 0.29) is 24.5 Å². The summed E-state index contributed by atoms with van der Waals surface area (Å²) in [6, 6.07) is 11.7. The van der Waals surface area contributed by atoms with E-state index in [0.717, 1.165) is 24.8 Å². The quantitative estimate of drug-likeness (QED) is 0.637. The van der Waals surface area contributed by atoms with Crippen molar-refractivity contribution in [1.82, 2.24) is 5.32 Å². The smallest absolute Gasteiger partial charge is 0.262 e. The van der Waals surface area contributed by atoms with Crippen LogP contribution in [0.15, 0.2) is 42.5 Å². The number of ether oxygens (including phenoxy) is 2. The maximum absolute atomic E-state index is 12.4. The summed E-state index contributed by atoms with van der Waals surface area (Å²) in [5, 5.41) is 6.69. The van der Waals surface area contributed by atoms with E-state index < -0.39 is 6.10 Å². The second-order valence-corrected chi connectivity index (χ2v) is 7.96. The molecular weight excluding hydrogens is 427 g/mol. The monoisotopic (exact) mass is 450 g/mol. The molecule has 1 aliphatic rings. The molecule has 0 saturated carbocycles. The maximum Gasteiger partial charge on any atom is 0.262 e. The Morgan fingerprint density at radius 1 is 1.17 bits per heavy atom. The molecule has 0 bridgehead atoms. The second-order valence-electron chi connectivity index (χ2n) is 7.12.